The Labute approximate surface area is 134 Å². The first-order valence-electron chi connectivity index (χ1n) is 7.53. The molecule has 2 heterocycles. The summed E-state index contributed by atoms with van der Waals surface area (Å²) in [5, 5.41) is 13.6. The van der Waals surface area contributed by atoms with Crippen LogP contribution < -0.4 is 11.1 Å². The lowest BCUT2D eigenvalue weighted by Crippen LogP contribution is -2.21. The maximum absolute atomic E-state index is 9.56. The molecule has 0 amide bonds. The standard InChI is InChI=1S/C17H19N5O/c18-16-14-6-1-2-7-15(14)21-17(22-16)20-10-12(11-23)9-13-5-3-4-8-19-13/h1-8,12,23H,9-11H2,(H3,18,20,21,22)/t12-/m0/s1. The number of hydrogen-bond donors (Lipinski definition) is 3. The van der Waals surface area contributed by atoms with E-state index in [1.165, 1.54) is 0 Å². The van der Waals surface area contributed by atoms with Crippen LogP contribution in [0.25, 0.3) is 10.9 Å². The molecule has 4 N–H and O–H groups in total. The fraction of sp³-hybridized carbons (Fsp3) is 0.235. The molecule has 2 aromatic heterocycles. The minimum Gasteiger partial charge on any atom is -0.396 e. The van der Waals surface area contributed by atoms with E-state index in [1.54, 1.807) is 6.20 Å². The van der Waals surface area contributed by atoms with Crippen LogP contribution in [0.4, 0.5) is 11.8 Å². The molecule has 0 aliphatic rings. The molecule has 3 rings (SSSR count). The van der Waals surface area contributed by atoms with E-state index in [2.05, 4.69) is 20.3 Å². The van der Waals surface area contributed by atoms with Crippen LogP contribution in [0.3, 0.4) is 0 Å². The zero-order valence-corrected chi connectivity index (χ0v) is 12.7. The second-order valence-electron chi connectivity index (χ2n) is 5.40. The average molecular weight is 309 g/mol. The van der Waals surface area contributed by atoms with Crippen molar-refractivity contribution < 1.29 is 5.11 Å². The smallest absolute Gasteiger partial charge is 0.225 e. The number of pyridine rings is 1. The maximum atomic E-state index is 9.56. The Morgan fingerprint density at radius 1 is 1.09 bits per heavy atom. The molecule has 6 nitrogen and oxygen atoms in total. The van der Waals surface area contributed by atoms with Crippen molar-refractivity contribution in [2.45, 2.75) is 6.42 Å². The van der Waals surface area contributed by atoms with Gasteiger partial charge in [0.1, 0.15) is 5.82 Å². The fourth-order valence-corrected chi connectivity index (χ4v) is 2.43. The molecule has 0 fully saturated rings. The van der Waals surface area contributed by atoms with Gasteiger partial charge in [-0.15, -0.1) is 0 Å². The normalized spacial score (nSPS) is 12.2. The molecule has 0 saturated carbocycles. The Balaban J connectivity index is 1.69. The van der Waals surface area contributed by atoms with Gasteiger partial charge in [-0.1, -0.05) is 18.2 Å². The first-order valence-corrected chi connectivity index (χ1v) is 7.53. The summed E-state index contributed by atoms with van der Waals surface area (Å²) in [6, 6.07) is 13.4. The summed E-state index contributed by atoms with van der Waals surface area (Å²) in [7, 11) is 0. The monoisotopic (exact) mass is 309 g/mol. The zero-order chi connectivity index (χ0) is 16.1. The quantitative estimate of drug-likeness (QED) is 0.643. The van der Waals surface area contributed by atoms with Crippen LogP contribution >= 0.6 is 0 Å². The minimum atomic E-state index is 0.0289. The average Bonchev–Trinajstić information content (AvgIpc) is 2.59. The van der Waals surface area contributed by atoms with Crippen molar-refractivity contribution in [1.82, 2.24) is 15.0 Å². The largest absolute Gasteiger partial charge is 0.396 e. The molecule has 0 aliphatic heterocycles. The second-order valence-corrected chi connectivity index (χ2v) is 5.40. The molecule has 0 spiro atoms. The fourth-order valence-electron chi connectivity index (χ4n) is 2.43. The highest BCUT2D eigenvalue weighted by molar-refractivity contribution is 5.88. The first kappa shape index (κ1) is 15.2. The summed E-state index contributed by atoms with van der Waals surface area (Å²) < 4.78 is 0. The number of nitrogens with zero attached hydrogens (tertiary/aromatic N) is 3. The number of anilines is 2. The molecule has 0 aliphatic carbocycles. The van der Waals surface area contributed by atoms with E-state index in [-0.39, 0.29) is 12.5 Å². The van der Waals surface area contributed by atoms with Crippen LogP contribution in [-0.4, -0.2) is 33.2 Å². The van der Waals surface area contributed by atoms with Crippen molar-refractivity contribution in [3.05, 3.63) is 54.4 Å². The maximum Gasteiger partial charge on any atom is 0.225 e. The molecule has 0 unspecified atom stereocenters. The number of hydrogen-bond acceptors (Lipinski definition) is 6. The lowest BCUT2D eigenvalue weighted by molar-refractivity contribution is 0.231. The first-order chi connectivity index (χ1) is 11.3. The van der Waals surface area contributed by atoms with E-state index in [4.69, 9.17) is 5.73 Å². The molecular formula is C17H19N5O. The highest BCUT2D eigenvalue weighted by atomic mass is 16.3. The number of aromatic nitrogens is 3. The van der Waals surface area contributed by atoms with Crippen molar-refractivity contribution in [2.24, 2.45) is 5.92 Å². The number of fused-ring (bicyclic) bond motifs is 1. The number of para-hydroxylation sites is 1. The van der Waals surface area contributed by atoms with E-state index >= 15 is 0 Å². The van der Waals surface area contributed by atoms with Crippen LogP contribution in [0.1, 0.15) is 5.69 Å². The Kier molecular flexibility index (Phi) is 4.63. The van der Waals surface area contributed by atoms with Crippen LogP contribution in [-0.2, 0) is 6.42 Å². The number of benzene rings is 1. The highest BCUT2D eigenvalue weighted by Crippen LogP contribution is 2.19. The number of rotatable bonds is 6. The van der Waals surface area contributed by atoms with Crippen LogP contribution in [0.15, 0.2) is 48.7 Å². The van der Waals surface area contributed by atoms with Gasteiger partial charge < -0.3 is 16.2 Å². The van der Waals surface area contributed by atoms with E-state index in [1.807, 2.05) is 42.5 Å². The molecule has 23 heavy (non-hydrogen) atoms. The molecular weight excluding hydrogens is 290 g/mol. The van der Waals surface area contributed by atoms with E-state index in [0.29, 0.717) is 24.7 Å². The molecule has 0 radical (unpaired) electrons. The van der Waals surface area contributed by atoms with E-state index < -0.39 is 0 Å². The van der Waals surface area contributed by atoms with Crippen molar-refractivity contribution in [1.29, 1.82) is 0 Å². The third-order valence-electron chi connectivity index (χ3n) is 3.66. The van der Waals surface area contributed by atoms with Crippen molar-refractivity contribution >= 4 is 22.7 Å². The Morgan fingerprint density at radius 3 is 2.70 bits per heavy atom. The SMILES string of the molecule is Nc1nc(NC[C@@H](CO)Cc2ccccn2)nc2ccccc12. The lowest BCUT2D eigenvalue weighted by Gasteiger charge is -2.15. The highest BCUT2D eigenvalue weighted by Gasteiger charge is 2.11. The Hall–Kier alpha value is -2.73. The molecule has 6 heteroatoms. The summed E-state index contributed by atoms with van der Waals surface area (Å²) in [4.78, 5) is 13.0. The summed E-state index contributed by atoms with van der Waals surface area (Å²) in [6.45, 7) is 0.609. The van der Waals surface area contributed by atoms with Crippen molar-refractivity contribution in [3.8, 4) is 0 Å². The van der Waals surface area contributed by atoms with Gasteiger partial charge >= 0.3 is 0 Å². The predicted octanol–water partition coefficient (Wildman–Crippen LogP) is 1.87. The second kappa shape index (κ2) is 7.02. The number of nitrogen functional groups attached to an aromatic ring is 1. The van der Waals surface area contributed by atoms with E-state index in [0.717, 1.165) is 16.6 Å². The summed E-state index contributed by atoms with van der Waals surface area (Å²) in [5.41, 5.74) is 7.72. The van der Waals surface area contributed by atoms with Gasteiger partial charge in [-0.25, -0.2) is 4.98 Å². The van der Waals surface area contributed by atoms with Gasteiger partial charge in [0.05, 0.1) is 5.52 Å². The number of nitrogens with one attached hydrogen (secondary N) is 1. The Morgan fingerprint density at radius 2 is 1.91 bits per heavy atom. The number of aliphatic hydroxyl groups excluding tert-OH is 1. The van der Waals surface area contributed by atoms with Gasteiger partial charge in [0, 0.05) is 36.3 Å². The summed E-state index contributed by atoms with van der Waals surface area (Å²) >= 11 is 0. The van der Waals surface area contributed by atoms with Gasteiger partial charge in [0.15, 0.2) is 0 Å². The zero-order valence-electron chi connectivity index (χ0n) is 12.7. The van der Waals surface area contributed by atoms with Crippen LogP contribution in [0.2, 0.25) is 0 Å². The van der Waals surface area contributed by atoms with Gasteiger partial charge in [0.25, 0.3) is 0 Å². The third kappa shape index (κ3) is 3.73. The molecule has 3 aromatic rings. The number of aliphatic hydroxyl groups is 1. The molecule has 118 valence electrons. The molecule has 1 aromatic carbocycles. The summed E-state index contributed by atoms with van der Waals surface area (Å²) in [5.74, 6) is 0.949. The molecule has 0 bridgehead atoms. The summed E-state index contributed by atoms with van der Waals surface area (Å²) in [6.07, 6.45) is 2.44. The minimum absolute atomic E-state index is 0.0289. The van der Waals surface area contributed by atoms with Gasteiger partial charge in [0.2, 0.25) is 5.95 Å². The van der Waals surface area contributed by atoms with Crippen LogP contribution in [0.5, 0.6) is 0 Å². The molecule has 0 saturated heterocycles. The predicted molar refractivity (Wildman–Crippen MR) is 91.0 cm³/mol. The van der Waals surface area contributed by atoms with Crippen molar-refractivity contribution in [2.75, 3.05) is 24.2 Å². The van der Waals surface area contributed by atoms with Gasteiger partial charge in [-0.3, -0.25) is 4.98 Å². The third-order valence-corrected chi connectivity index (χ3v) is 3.66. The molecule has 1 atom stereocenters. The topological polar surface area (TPSA) is 97.0 Å². The van der Waals surface area contributed by atoms with Gasteiger partial charge in [-0.2, -0.15) is 4.98 Å². The van der Waals surface area contributed by atoms with Crippen LogP contribution in [0, 0.1) is 5.92 Å². The van der Waals surface area contributed by atoms with E-state index in [9.17, 15) is 5.11 Å². The lowest BCUT2D eigenvalue weighted by atomic mass is 10.0. The van der Waals surface area contributed by atoms with Crippen molar-refractivity contribution in [3.63, 3.8) is 0 Å². The Bertz CT molecular complexity index is 778. The van der Waals surface area contributed by atoms with Gasteiger partial charge in [-0.05, 0) is 30.7 Å². The number of nitrogens with two attached hydrogens (primary N) is 1.